The lowest BCUT2D eigenvalue weighted by atomic mass is 9.89. The first-order valence-electron chi connectivity index (χ1n) is 5.85. The van der Waals surface area contributed by atoms with Gasteiger partial charge in [-0.2, -0.15) is 0 Å². The van der Waals surface area contributed by atoms with E-state index < -0.39 is 0 Å². The number of likely N-dealkylation sites (N-methyl/N-ethyl adjacent to an activating group) is 1. The molecular formula is C12H25NO2. The van der Waals surface area contributed by atoms with Crippen LogP contribution >= 0.6 is 0 Å². The third-order valence-corrected chi connectivity index (χ3v) is 3.76. The van der Waals surface area contributed by atoms with E-state index in [4.69, 9.17) is 9.47 Å². The quantitative estimate of drug-likeness (QED) is 0.713. The van der Waals surface area contributed by atoms with E-state index in [0.29, 0.717) is 5.92 Å². The molecular weight excluding hydrogens is 190 g/mol. The van der Waals surface area contributed by atoms with E-state index in [1.54, 1.807) is 0 Å². The van der Waals surface area contributed by atoms with Gasteiger partial charge in [-0.05, 0) is 26.8 Å². The molecule has 1 heterocycles. The fraction of sp³-hybridized carbons (Fsp3) is 1.00. The molecule has 0 radical (unpaired) electrons. The Bertz CT molecular complexity index is 186. The number of rotatable bonds is 4. The monoisotopic (exact) mass is 215 g/mol. The van der Waals surface area contributed by atoms with Crippen LogP contribution in [0.15, 0.2) is 0 Å². The van der Waals surface area contributed by atoms with Gasteiger partial charge in [0.25, 0.3) is 0 Å². The number of hydrogen-bond acceptors (Lipinski definition) is 3. The Morgan fingerprint density at radius 1 is 1.33 bits per heavy atom. The molecule has 1 fully saturated rings. The smallest absolute Gasteiger partial charge is 0.0936 e. The van der Waals surface area contributed by atoms with E-state index in [9.17, 15) is 0 Å². The van der Waals surface area contributed by atoms with Crippen LogP contribution in [0.25, 0.3) is 0 Å². The van der Waals surface area contributed by atoms with Gasteiger partial charge in [-0.1, -0.05) is 13.8 Å². The third-order valence-electron chi connectivity index (χ3n) is 3.76. The Morgan fingerprint density at radius 2 is 2.00 bits per heavy atom. The van der Waals surface area contributed by atoms with Crippen molar-refractivity contribution in [3.8, 4) is 0 Å². The van der Waals surface area contributed by atoms with Crippen LogP contribution < -0.4 is 0 Å². The van der Waals surface area contributed by atoms with Gasteiger partial charge in [-0.15, -0.1) is 0 Å². The van der Waals surface area contributed by atoms with E-state index in [0.717, 1.165) is 26.4 Å². The van der Waals surface area contributed by atoms with Crippen molar-refractivity contribution in [2.75, 3.05) is 33.4 Å². The van der Waals surface area contributed by atoms with Gasteiger partial charge in [0.2, 0.25) is 0 Å². The topological polar surface area (TPSA) is 21.7 Å². The zero-order valence-electron chi connectivity index (χ0n) is 10.7. The Labute approximate surface area is 93.7 Å². The highest BCUT2D eigenvalue weighted by atomic mass is 16.6. The molecule has 1 saturated heterocycles. The zero-order valence-corrected chi connectivity index (χ0v) is 10.7. The molecule has 0 aromatic rings. The summed E-state index contributed by atoms with van der Waals surface area (Å²) in [6.45, 7) is 12.2. The van der Waals surface area contributed by atoms with Crippen molar-refractivity contribution in [1.82, 2.24) is 4.90 Å². The minimum atomic E-state index is 0.209. The molecule has 0 aromatic carbocycles. The highest BCUT2D eigenvalue weighted by Gasteiger charge is 2.29. The summed E-state index contributed by atoms with van der Waals surface area (Å²) in [7, 11) is 2.16. The van der Waals surface area contributed by atoms with Crippen LogP contribution in [0.1, 0.15) is 27.7 Å². The van der Waals surface area contributed by atoms with Crippen molar-refractivity contribution < 1.29 is 9.47 Å². The summed E-state index contributed by atoms with van der Waals surface area (Å²) < 4.78 is 11.1. The van der Waals surface area contributed by atoms with Crippen molar-refractivity contribution in [1.29, 1.82) is 0 Å². The predicted octanol–water partition coefficient (Wildman–Crippen LogP) is 1.77. The van der Waals surface area contributed by atoms with Crippen molar-refractivity contribution in [3.05, 3.63) is 0 Å². The van der Waals surface area contributed by atoms with Crippen molar-refractivity contribution >= 4 is 0 Å². The number of nitrogens with zero attached hydrogens (tertiary/aromatic N) is 1. The molecule has 0 spiro atoms. The maximum Gasteiger partial charge on any atom is 0.0936 e. The number of hydrogen-bond donors (Lipinski definition) is 0. The van der Waals surface area contributed by atoms with E-state index in [1.165, 1.54) is 0 Å². The molecule has 0 aliphatic carbocycles. The molecule has 3 nitrogen and oxygen atoms in total. The van der Waals surface area contributed by atoms with Gasteiger partial charge >= 0.3 is 0 Å². The summed E-state index contributed by atoms with van der Waals surface area (Å²) in [5.41, 5.74) is 0.209. The normalized spacial score (nSPS) is 23.8. The minimum Gasteiger partial charge on any atom is -0.376 e. The van der Waals surface area contributed by atoms with Gasteiger partial charge in [-0.3, -0.25) is 4.90 Å². The molecule has 0 bridgehead atoms. The summed E-state index contributed by atoms with van der Waals surface area (Å²) in [5.74, 6) is 0.631. The molecule has 0 saturated carbocycles. The highest BCUT2D eigenvalue weighted by Crippen LogP contribution is 2.23. The molecule has 0 N–H and O–H groups in total. The fourth-order valence-corrected chi connectivity index (χ4v) is 1.62. The standard InChI is InChI=1S/C12H25NO2/c1-10(2)12(3,4)13(5)8-11-9-14-6-7-15-11/h10-11H,6-9H2,1-5H3/t11-/m1/s1. The first-order chi connectivity index (χ1) is 6.94. The third kappa shape index (κ3) is 3.44. The second-order valence-electron chi connectivity index (χ2n) is 5.26. The predicted molar refractivity (Wildman–Crippen MR) is 62.1 cm³/mol. The average molecular weight is 215 g/mol. The van der Waals surface area contributed by atoms with E-state index in [1.807, 2.05) is 0 Å². The fourth-order valence-electron chi connectivity index (χ4n) is 1.62. The Kier molecular flexibility index (Phi) is 4.56. The Hall–Kier alpha value is -0.120. The number of ether oxygens (including phenoxy) is 2. The summed E-state index contributed by atoms with van der Waals surface area (Å²) in [6.07, 6.45) is 0.238. The van der Waals surface area contributed by atoms with Crippen molar-refractivity contribution in [2.45, 2.75) is 39.3 Å². The molecule has 3 heteroatoms. The SMILES string of the molecule is CC(C)C(C)(C)N(C)C[C@@H]1COCCO1. The Morgan fingerprint density at radius 3 is 2.47 bits per heavy atom. The first kappa shape index (κ1) is 12.9. The van der Waals surface area contributed by atoms with Crippen LogP contribution in [-0.2, 0) is 9.47 Å². The van der Waals surface area contributed by atoms with Crippen LogP contribution in [0.3, 0.4) is 0 Å². The average Bonchev–Trinajstić information content (AvgIpc) is 2.18. The van der Waals surface area contributed by atoms with E-state index in [2.05, 4.69) is 39.6 Å². The second kappa shape index (κ2) is 5.28. The zero-order chi connectivity index (χ0) is 11.5. The molecule has 1 atom stereocenters. The van der Waals surface area contributed by atoms with E-state index >= 15 is 0 Å². The molecule has 0 amide bonds. The molecule has 1 rings (SSSR count). The second-order valence-corrected chi connectivity index (χ2v) is 5.26. The van der Waals surface area contributed by atoms with Crippen LogP contribution in [0.5, 0.6) is 0 Å². The van der Waals surface area contributed by atoms with Crippen LogP contribution in [-0.4, -0.2) is 50.0 Å². The minimum absolute atomic E-state index is 0.209. The molecule has 15 heavy (non-hydrogen) atoms. The molecule has 1 aliphatic heterocycles. The van der Waals surface area contributed by atoms with Gasteiger partial charge in [0, 0.05) is 12.1 Å². The Balaban J connectivity index is 2.42. The van der Waals surface area contributed by atoms with E-state index in [-0.39, 0.29) is 11.6 Å². The summed E-state index contributed by atoms with van der Waals surface area (Å²) in [5, 5.41) is 0. The summed E-state index contributed by atoms with van der Waals surface area (Å²) in [6, 6.07) is 0. The maximum atomic E-state index is 5.66. The van der Waals surface area contributed by atoms with Gasteiger partial charge < -0.3 is 9.47 Å². The van der Waals surface area contributed by atoms with Crippen molar-refractivity contribution in [2.24, 2.45) is 5.92 Å². The molecule has 90 valence electrons. The van der Waals surface area contributed by atoms with Gasteiger partial charge in [0.15, 0.2) is 0 Å². The first-order valence-corrected chi connectivity index (χ1v) is 5.85. The highest BCUT2D eigenvalue weighted by molar-refractivity contribution is 4.84. The lowest BCUT2D eigenvalue weighted by Crippen LogP contribution is -2.50. The lowest BCUT2D eigenvalue weighted by molar-refractivity contribution is -0.104. The molecule has 0 aromatic heterocycles. The van der Waals surface area contributed by atoms with Crippen LogP contribution in [0.2, 0.25) is 0 Å². The van der Waals surface area contributed by atoms with Gasteiger partial charge in [-0.25, -0.2) is 0 Å². The van der Waals surface area contributed by atoms with Crippen molar-refractivity contribution in [3.63, 3.8) is 0 Å². The maximum absolute atomic E-state index is 5.66. The van der Waals surface area contributed by atoms with Gasteiger partial charge in [0.1, 0.15) is 0 Å². The van der Waals surface area contributed by atoms with Crippen LogP contribution in [0, 0.1) is 5.92 Å². The largest absolute Gasteiger partial charge is 0.376 e. The van der Waals surface area contributed by atoms with Gasteiger partial charge in [0.05, 0.1) is 25.9 Å². The molecule has 0 unspecified atom stereocenters. The summed E-state index contributed by atoms with van der Waals surface area (Å²) >= 11 is 0. The van der Waals surface area contributed by atoms with Crippen LogP contribution in [0.4, 0.5) is 0 Å². The molecule has 1 aliphatic rings. The lowest BCUT2D eigenvalue weighted by Gasteiger charge is -2.41. The summed E-state index contributed by atoms with van der Waals surface area (Å²) in [4.78, 5) is 2.37.